The fourth-order valence-corrected chi connectivity index (χ4v) is 3.13. The van der Waals surface area contributed by atoms with Crippen molar-refractivity contribution in [1.29, 1.82) is 0 Å². The van der Waals surface area contributed by atoms with Gasteiger partial charge in [-0.3, -0.25) is 0 Å². The molecule has 1 saturated carbocycles. The maximum atomic E-state index is 3.60. The van der Waals surface area contributed by atoms with Gasteiger partial charge in [-0.25, -0.2) is 0 Å². The quantitative estimate of drug-likeness (QED) is 0.759. The second-order valence-electron chi connectivity index (χ2n) is 5.98. The lowest BCUT2D eigenvalue weighted by Crippen LogP contribution is -2.28. The van der Waals surface area contributed by atoms with Crippen molar-refractivity contribution < 1.29 is 0 Å². The van der Waals surface area contributed by atoms with Gasteiger partial charge in [0.2, 0.25) is 0 Å². The maximum Gasteiger partial charge on any atom is 0.00413 e. The van der Waals surface area contributed by atoms with E-state index in [1.54, 1.807) is 5.56 Å². The Labute approximate surface area is 112 Å². The van der Waals surface area contributed by atoms with E-state index in [1.807, 2.05) is 0 Å². The lowest BCUT2D eigenvalue weighted by Gasteiger charge is -2.18. The smallest absolute Gasteiger partial charge is 0.00413 e. The number of hydrogen-bond donors (Lipinski definition) is 1. The normalized spacial score (nSPS) is 25.7. The lowest BCUT2D eigenvalue weighted by molar-refractivity contribution is 0.384. The summed E-state index contributed by atoms with van der Waals surface area (Å²) in [5, 5.41) is 3.60. The minimum absolute atomic E-state index is 0.664. The molecule has 1 aliphatic carbocycles. The number of hydrogen-bond acceptors (Lipinski definition) is 1. The standard InChI is InChI=1S/C17H27N/c1-4-10-18-14(3)11-13(2)16-12-17(16)15-8-6-5-7-9-15/h5-9,13-14,16-18H,4,10-12H2,1-3H3. The van der Waals surface area contributed by atoms with Gasteiger partial charge >= 0.3 is 0 Å². The average molecular weight is 245 g/mol. The molecule has 1 fully saturated rings. The molecule has 1 heteroatoms. The predicted molar refractivity (Wildman–Crippen MR) is 78.8 cm³/mol. The van der Waals surface area contributed by atoms with Crippen molar-refractivity contribution in [3.63, 3.8) is 0 Å². The SMILES string of the molecule is CCCNC(C)CC(C)C1CC1c1ccccc1. The summed E-state index contributed by atoms with van der Waals surface area (Å²) in [7, 11) is 0. The van der Waals surface area contributed by atoms with Crippen molar-refractivity contribution in [1.82, 2.24) is 5.32 Å². The highest BCUT2D eigenvalue weighted by Gasteiger charge is 2.41. The second-order valence-corrected chi connectivity index (χ2v) is 5.98. The van der Waals surface area contributed by atoms with E-state index in [0.29, 0.717) is 6.04 Å². The summed E-state index contributed by atoms with van der Waals surface area (Å²) in [4.78, 5) is 0. The van der Waals surface area contributed by atoms with Gasteiger partial charge in [0.1, 0.15) is 0 Å². The molecule has 0 spiro atoms. The molecular formula is C17H27N. The first-order valence-corrected chi connectivity index (χ1v) is 7.50. The van der Waals surface area contributed by atoms with E-state index in [2.05, 4.69) is 56.4 Å². The van der Waals surface area contributed by atoms with Crippen molar-refractivity contribution in [2.75, 3.05) is 6.54 Å². The molecule has 1 aromatic carbocycles. The molecule has 2 rings (SSSR count). The van der Waals surface area contributed by atoms with Gasteiger partial charge in [-0.05, 0) is 56.0 Å². The largest absolute Gasteiger partial charge is 0.314 e. The van der Waals surface area contributed by atoms with E-state index in [-0.39, 0.29) is 0 Å². The summed E-state index contributed by atoms with van der Waals surface area (Å²) >= 11 is 0. The Balaban J connectivity index is 1.77. The zero-order chi connectivity index (χ0) is 13.0. The Hall–Kier alpha value is -0.820. The van der Waals surface area contributed by atoms with Crippen LogP contribution in [0.15, 0.2) is 30.3 Å². The van der Waals surface area contributed by atoms with E-state index >= 15 is 0 Å². The minimum atomic E-state index is 0.664. The summed E-state index contributed by atoms with van der Waals surface area (Å²) in [5.41, 5.74) is 1.54. The molecule has 0 bridgehead atoms. The molecule has 0 radical (unpaired) electrons. The van der Waals surface area contributed by atoms with Crippen LogP contribution < -0.4 is 5.32 Å². The predicted octanol–water partition coefficient (Wildman–Crippen LogP) is 4.20. The molecule has 1 aromatic rings. The van der Waals surface area contributed by atoms with Crippen LogP contribution in [0.5, 0.6) is 0 Å². The van der Waals surface area contributed by atoms with Gasteiger partial charge in [0.25, 0.3) is 0 Å². The van der Waals surface area contributed by atoms with Crippen LogP contribution >= 0.6 is 0 Å². The van der Waals surface area contributed by atoms with E-state index in [9.17, 15) is 0 Å². The Kier molecular flexibility index (Phi) is 4.82. The third-order valence-corrected chi connectivity index (χ3v) is 4.27. The summed E-state index contributed by atoms with van der Waals surface area (Å²) in [6.07, 6.45) is 3.94. The van der Waals surface area contributed by atoms with Crippen LogP contribution in [0, 0.1) is 11.8 Å². The van der Waals surface area contributed by atoms with Gasteiger partial charge in [0.05, 0.1) is 0 Å². The second kappa shape index (κ2) is 6.38. The third-order valence-electron chi connectivity index (χ3n) is 4.27. The fourth-order valence-electron chi connectivity index (χ4n) is 3.13. The van der Waals surface area contributed by atoms with Gasteiger partial charge in [-0.1, -0.05) is 44.2 Å². The monoisotopic (exact) mass is 245 g/mol. The molecule has 100 valence electrons. The van der Waals surface area contributed by atoms with Crippen molar-refractivity contribution in [3.05, 3.63) is 35.9 Å². The Morgan fingerprint density at radius 1 is 1.22 bits per heavy atom. The molecule has 18 heavy (non-hydrogen) atoms. The van der Waals surface area contributed by atoms with Crippen LogP contribution in [0.3, 0.4) is 0 Å². The third kappa shape index (κ3) is 3.58. The Bertz CT molecular complexity index is 346. The lowest BCUT2D eigenvalue weighted by atomic mass is 9.95. The van der Waals surface area contributed by atoms with Crippen molar-refractivity contribution in [3.8, 4) is 0 Å². The van der Waals surface area contributed by atoms with Crippen LogP contribution in [0.1, 0.15) is 51.5 Å². The zero-order valence-corrected chi connectivity index (χ0v) is 12.0. The molecule has 1 aliphatic rings. The molecule has 1 nitrogen and oxygen atoms in total. The van der Waals surface area contributed by atoms with Gasteiger partial charge < -0.3 is 5.32 Å². The van der Waals surface area contributed by atoms with Crippen LogP contribution in [0.2, 0.25) is 0 Å². The molecule has 4 unspecified atom stereocenters. The van der Waals surface area contributed by atoms with E-state index in [0.717, 1.165) is 24.3 Å². The van der Waals surface area contributed by atoms with Crippen LogP contribution in [-0.4, -0.2) is 12.6 Å². The first-order chi connectivity index (χ1) is 8.72. The van der Waals surface area contributed by atoms with Gasteiger partial charge in [0.15, 0.2) is 0 Å². The molecule has 0 aliphatic heterocycles. The average Bonchev–Trinajstić information content (AvgIpc) is 3.17. The highest BCUT2D eigenvalue weighted by Crippen LogP contribution is 2.52. The first-order valence-electron chi connectivity index (χ1n) is 7.50. The topological polar surface area (TPSA) is 12.0 Å². The molecule has 0 heterocycles. The molecule has 1 N–H and O–H groups in total. The summed E-state index contributed by atoms with van der Waals surface area (Å²) in [5.74, 6) is 2.59. The number of benzene rings is 1. The van der Waals surface area contributed by atoms with Gasteiger partial charge in [0, 0.05) is 6.04 Å². The summed E-state index contributed by atoms with van der Waals surface area (Å²) < 4.78 is 0. The van der Waals surface area contributed by atoms with E-state index in [4.69, 9.17) is 0 Å². The number of nitrogens with one attached hydrogen (secondary N) is 1. The molecule has 0 amide bonds. The van der Waals surface area contributed by atoms with Crippen molar-refractivity contribution >= 4 is 0 Å². The van der Waals surface area contributed by atoms with Crippen LogP contribution in [-0.2, 0) is 0 Å². The van der Waals surface area contributed by atoms with E-state index < -0.39 is 0 Å². The molecule has 0 saturated heterocycles. The Morgan fingerprint density at radius 2 is 1.94 bits per heavy atom. The first kappa shape index (κ1) is 13.6. The number of rotatable bonds is 7. The van der Waals surface area contributed by atoms with Crippen molar-refractivity contribution in [2.45, 2.75) is 52.0 Å². The van der Waals surface area contributed by atoms with Crippen LogP contribution in [0.25, 0.3) is 0 Å². The fraction of sp³-hybridized carbons (Fsp3) is 0.647. The van der Waals surface area contributed by atoms with Crippen molar-refractivity contribution in [2.24, 2.45) is 11.8 Å². The summed E-state index contributed by atoms with van der Waals surface area (Å²) in [6, 6.07) is 11.7. The summed E-state index contributed by atoms with van der Waals surface area (Å²) in [6.45, 7) is 8.14. The van der Waals surface area contributed by atoms with Gasteiger partial charge in [-0.2, -0.15) is 0 Å². The minimum Gasteiger partial charge on any atom is -0.314 e. The molecule has 0 aromatic heterocycles. The van der Waals surface area contributed by atoms with Crippen LogP contribution in [0.4, 0.5) is 0 Å². The highest BCUT2D eigenvalue weighted by molar-refractivity contribution is 5.25. The molecule has 4 atom stereocenters. The highest BCUT2D eigenvalue weighted by atomic mass is 14.9. The zero-order valence-electron chi connectivity index (χ0n) is 12.0. The maximum absolute atomic E-state index is 3.60. The molecular weight excluding hydrogens is 218 g/mol. The van der Waals surface area contributed by atoms with E-state index in [1.165, 1.54) is 19.3 Å². The Morgan fingerprint density at radius 3 is 2.61 bits per heavy atom. The van der Waals surface area contributed by atoms with Gasteiger partial charge in [-0.15, -0.1) is 0 Å².